The van der Waals surface area contributed by atoms with Crippen LogP contribution in [0.4, 0.5) is 0 Å². The highest BCUT2D eigenvalue weighted by atomic mass is 32.2. The van der Waals surface area contributed by atoms with Crippen molar-refractivity contribution in [3.63, 3.8) is 0 Å². The third kappa shape index (κ3) is 1.56. The molecule has 0 saturated heterocycles. The predicted octanol–water partition coefficient (Wildman–Crippen LogP) is 1.21. The highest BCUT2D eigenvalue weighted by molar-refractivity contribution is 7.79. The van der Waals surface area contributed by atoms with Gasteiger partial charge in [-0.3, -0.25) is 0 Å². The molecule has 0 aliphatic carbocycles. The van der Waals surface area contributed by atoms with Crippen molar-refractivity contribution < 1.29 is 8.76 Å². The van der Waals surface area contributed by atoms with Gasteiger partial charge in [-0.2, -0.15) is 0 Å². The molecule has 0 bridgehead atoms. The van der Waals surface area contributed by atoms with E-state index in [2.05, 4.69) is 9.97 Å². The van der Waals surface area contributed by atoms with E-state index in [9.17, 15) is 4.21 Å². The molecule has 0 amide bonds. The van der Waals surface area contributed by atoms with Gasteiger partial charge >= 0.3 is 0 Å². The number of pyridine rings is 2. The standard InChI is InChI=1S/C8H6N2O2S/c11-13(12)7-4-6-2-1-3-9-8(6)10-5-7/h1-5H,(H,11,12). The second kappa shape index (κ2) is 3.20. The molecule has 1 unspecified atom stereocenters. The summed E-state index contributed by atoms with van der Waals surface area (Å²) in [6.07, 6.45) is 2.98. The molecule has 13 heavy (non-hydrogen) atoms. The highest BCUT2D eigenvalue weighted by Gasteiger charge is 2.01. The lowest BCUT2D eigenvalue weighted by atomic mass is 10.3. The van der Waals surface area contributed by atoms with E-state index in [-0.39, 0.29) is 0 Å². The number of fused-ring (bicyclic) bond motifs is 1. The van der Waals surface area contributed by atoms with Crippen molar-refractivity contribution in [3.05, 3.63) is 30.6 Å². The Morgan fingerprint density at radius 1 is 1.38 bits per heavy atom. The summed E-state index contributed by atoms with van der Waals surface area (Å²) < 4.78 is 19.5. The molecule has 0 aromatic carbocycles. The first-order valence-electron chi connectivity index (χ1n) is 3.59. The quantitative estimate of drug-likeness (QED) is 0.693. The lowest BCUT2D eigenvalue weighted by molar-refractivity contribution is 0.564. The lowest BCUT2D eigenvalue weighted by Crippen LogP contribution is -1.91. The molecule has 0 spiro atoms. The van der Waals surface area contributed by atoms with Crippen LogP contribution >= 0.6 is 0 Å². The topological polar surface area (TPSA) is 63.1 Å². The highest BCUT2D eigenvalue weighted by Crippen LogP contribution is 2.11. The second-order valence-corrected chi connectivity index (χ2v) is 3.44. The van der Waals surface area contributed by atoms with Gasteiger partial charge in [-0.15, -0.1) is 0 Å². The molecular formula is C8H6N2O2S. The van der Waals surface area contributed by atoms with Crippen molar-refractivity contribution in [2.24, 2.45) is 0 Å². The van der Waals surface area contributed by atoms with Gasteiger partial charge in [0.15, 0.2) is 16.7 Å². The van der Waals surface area contributed by atoms with E-state index < -0.39 is 11.1 Å². The summed E-state index contributed by atoms with van der Waals surface area (Å²) in [5.74, 6) is 0. The van der Waals surface area contributed by atoms with Crippen LogP contribution in [0.25, 0.3) is 11.0 Å². The number of nitrogens with zero attached hydrogens (tertiary/aromatic N) is 2. The first-order chi connectivity index (χ1) is 6.27. The number of aromatic nitrogens is 2. The number of hydrogen-bond donors (Lipinski definition) is 1. The molecule has 2 heterocycles. The molecule has 2 rings (SSSR count). The van der Waals surface area contributed by atoms with E-state index in [0.29, 0.717) is 10.5 Å². The van der Waals surface area contributed by atoms with Crippen molar-refractivity contribution in [3.8, 4) is 0 Å². The van der Waals surface area contributed by atoms with Gasteiger partial charge in [0, 0.05) is 17.8 Å². The molecule has 4 nitrogen and oxygen atoms in total. The SMILES string of the molecule is O=S(O)c1cnc2ncccc2c1. The Labute approximate surface area is 76.9 Å². The smallest absolute Gasteiger partial charge is 0.188 e. The molecule has 1 atom stereocenters. The van der Waals surface area contributed by atoms with Crippen LogP contribution in [0.3, 0.4) is 0 Å². The molecule has 0 aliphatic rings. The van der Waals surface area contributed by atoms with Gasteiger partial charge in [0.1, 0.15) is 0 Å². The molecular weight excluding hydrogens is 188 g/mol. The fourth-order valence-corrected chi connectivity index (χ4v) is 1.41. The minimum atomic E-state index is -1.98. The summed E-state index contributed by atoms with van der Waals surface area (Å²) in [6, 6.07) is 5.16. The number of hydrogen-bond acceptors (Lipinski definition) is 3. The van der Waals surface area contributed by atoms with Crippen LogP contribution in [0.1, 0.15) is 0 Å². The summed E-state index contributed by atoms with van der Waals surface area (Å²) in [5, 5.41) is 0.766. The maximum absolute atomic E-state index is 10.7. The Bertz CT molecular complexity index is 472. The van der Waals surface area contributed by atoms with Crippen molar-refractivity contribution in [1.29, 1.82) is 0 Å². The molecule has 5 heteroatoms. The van der Waals surface area contributed by atoms with Gasteiger partial charge in [0.05, 0.1) is 4.90 Å². The van der Waals surface area contributed by atoms with Gasteiger partial charge in [-0.1, -0.05) is 0 Å². The van der Waals surface area contributed by atoms with E-state index in [4.69, 9.17) is 4.55 Å². The minimum absolute atomic E-state index is 0.292. The zero-order valence-corrected chi connectivity index (χ0v) is 7.36. The van der Waals surface area contributed by atoms with Crippen LogP contribution in [-0.2, 0) is 11.1 Å². The van der Waals surface area contributed by atoms with Gasteiger partial charge in [-0.05, 0) is 18.2 Å². The fourth-order valence-electron chi connectivity index (χ4n) is 1.04. The van der Waals surface area contributed by atoms with Crippen LogP contribution < -0.4 is 0 Å². The summed E-state index contributed by atoms with van der Waals surface area (Å²) in [4.78, 5) is 8.22. The zero-order chi connectivity index (χ0) is 9.26. The van der Waals surface area contributed by atoms with Crippen LogP contribution in [0.2, 0.25) is 0 Å². The number of rotatable bonds is 1. The van der Waals surface area contributed by atoms with Crippen LogP contribution in [-0.4, -0.2) is 18.7 Å². The van der Waals surface area contributed by atoms with E-state index in [0.717, 1.165) is 5.39 Å². The molecule has 0 radical (unpaired) electrons. The fraction of sp³-hybridized carbons (Fsp3) is 0. The molecule has 66 valence electrons. The monoisotopic (exact) mass is 194 g/mol. The minimum Gasteiger partial charge on any atom is -0.302 e. The van der Waals surface area contributed by atoms with Crippen molar-refractivity contribution in [2.75, 3.05) is 0 Å². The Balaban J connectivity index is 2.69. The van der Waals surface area contributed by atoms with Gasteiger partial charge < -0.3 is 4.55 Å². The second-order valence-electron chi connectivity index (χ2n) is 2.47. The summed E-state index contributed by atoms with van der Waals surface area (Å²) in [6.45, 7) is 0. The Hall–Kier alpha value is -1.33. The summed E-state index contributed by atoms with van der Waals surface area (Å²) >= 11 is -1.98. The Kier molecular flexibility index (Phi) is 2.03. The Morgan fingerprint density at radius 2 is 2.23 bits per heavy atom. The van der Waals surface area contributed by atoms with Crippen LogP contribution in [0.15, 0.2) is 35.5 Å². The van der Waals surface area contributed by atoms with E-state index >= 15 is 0 Å². The van der Waals surface area contributed by atoms with E-state index in [1.165, 1.54) is 6.20 Å². The first kappa shape index (κ1) is 8.28. The molecule has 2 aromatic heterocycles. The van der Waals surface area contributed by atoms with Crippen LogP contribution in [0.5, 0.6) is 0 Å². The average Bonchev–Trinajstić information content (AvgIpc) is 2.17. The Morgan fingerprint density at radius 3 is 3.00 bits per heavy atom. The summed E-state index contributed by atoms with van der Waals surface area (Å²) in [5.41, 5.74) is 0.580. The third-order valence-corrected chi connectivity index (χ3v) is 2.26. The predicted molar refractivity (Wildman–Crippen MR) is 48.6 cm³/mol. The third-order valence-electron chi connectivity index (χ3n) is 1.63. The van der Waals surface area contributed by atoms with Crippen molar-refractivity contribution in [1.82, 2.24) is 9.97 Å². The molecule has 2 aromatic rings. The molecule has 1 N–H and O–H groups in total. The van der Waals surface area contributed by atoms with Gasteiger partial charge in [-0.25, -0.2) is 14.2 Å². The van der Waals surface area contributed by atoms with Crippen molar-refractivity contribution >= 4 is 22.1 Å². The van der Waals surface area contributed by atoms with Crippen molar-refractivity contribution in [2.45, 2.75) is 4.90 Å². The van der Waals surface area contributed by atoms with Crippen LogP contribution in [0, 0.1) is 0 Å². The lowest BCUT2D eigenvalue weighted by Gasteiger charge is -1.96. The maximum Gasteiger partial charge on any atom is 0.188 e. The maximum atomic E-state index is 10.7. The molecule has 0 saturated carbocycles. The zero-order valence-electron chi connectivity index (χ0n) is 6.54. The molecule has 0 fully saturated rings. The largest absolute Gasteiger partial charge is 0.302 e. The summed E-state index contributed by atoms with van der Waals surface area (Å²) in [7, 11) is 0. The normalized spacial score (nSPS) is 13.0. The van der Waals surface area contributed by atoms with Gasteiger partial charge in [0.25, 0.3) is 0 Å². The van der Waals surface area contributed by atoms with Gasteiger partial charge in [0.2, 0.25) is 0 Å². The first-order valence-corrected chi connectivity index (χ1v) is 4.70. The average molecular weight is 194 g/mol. The van der Waals surface area contributed by atoms with E-state index in [1.54, 1.807) is 24.4 Å². The van der Waals surface area contributed by atoms with E-state index in [1.807, 2.05) is 0 Å². The molecule has 0 aliphatic heterocycles.